The topological polar surface area (TPSA) is 17.1 Å². The van der Waals surface area contributed by atoms with Gasteiger partial charge in [-0.25, -0.2) is 0 Å². The van der Waals surface area contributed by atoms with E-state index in [0.29, 0.717) is 23.7 Å². The quantitative estimate of drug-likeness (QED) is 0.446. The van der Waals surface area contributed by atoms with Gasteiger partial charge in [0, 0.05) is 5.92 Å². The molecule has 1 heteroatoms. The van der Waals surface area contributed by atoms with Crippen LogP contribution in [-0.2, 0) is 4.79 Å². The monoisotopic (exact) mass is 178 g/mol. The number of hydrogen-bond acceptors (Lipinski definition) is 1. The molecular weight excluding hydrogens is 160 g/mol. The molecule has 0 spiro atoms. The Kier molecular flexibility index (Phi) is 2.52. The number of carbonyl (C=O) groups is 1. The van der Waals surface area contributed by atoms with Gasteiger partial charge in [0.2, 0.25) is 0 Å². The molecule has 0 aromatic rings. The minimum absolute atomic E-state index is 0.301. The van der Waals surface area contributed by atoms with Gasteiger partial charge in [0.1, 0.15) is 6.29 Å². The Hall–Kier alpha value is -0.590. The zero-order valence-corrected chi connectivity index (χ0v) is 8.28. The SMILES string of the molecule is C[C@@H]1C=C[C@@H]2CCCC[C@H]2[C@@H]1C=O. The third kappa shape index (κ3) is 1.56. The second-order valence-electron chi connectivity index (χ2n) is 4.57. The molecule has 1 saturated carbocycles. The van der Waals surface area contributed by atoms with E-state index in [1.165, 1.54) is 32.0 Å². The van der Waals surface area contributed by atoms with E-state index in [1.54, 1.807) is 0 Å². The third-order valence-electron chi connectivity index (χ3n) is 3.80. The van der Waals surface area contributed by atoms with E-state index in [-0.39, 0.29) is 0 Å². The fourth-order valence-corrected chi connectivity index (χ4v) is 2.97. The molecule has 2 rings (SSSR count). The average molecular weight is 178 g/mol. The number of hydrogen-bond donors (Lipinski definition) is 0. The van der Waals surface area contributed by atoms with Crippen molar-refractivity contribution in [1.29, 1.82) is 0 Å². The van der Waals surface area contributed by atoms with E-state index in [4.69, 9.17) is 0 Å². The summed E-state index contributed by atoms with van der Waals surface area (Å²) in [6.07, 6.45) is 11.0. The van der Waals surface area contributed by atoms with E-state index in [2.05, 4.69) is 19.1 Å². The highest BCUT2D eigenvalue weighted by atomic mass is 16.1. The van der Waals surface area contributed by atoms with Gasteiger partial charge in [-0.15, -0.1) is 0 Å². The van der Waals surface area contributed by atoms with Crippen LogP contribution < -0.4 is 0 Å². The maximum Gasteiger partial charge on any atom is 0.123 e. The number of aldehydes is 1. The van der Waals surface area contributed by atoms with Gasteiger partial charge in [0.15, 0.2) is 0 Å². The lowest BCUT2D eigenvalue weighted by molar-refractivity contribution is -0.114. The van der Waals surface area contributed by atoms with Crippen LogP contribution in [0.5, 0.6) is 0 Å². The van der Waals surface area contributed by atoms with Crippen molar-refractivity contribution >= 4 is 6.29 Å². The Labute approximate surface area is 80.2 Å². The van der Waals surface area contributed by atoms with Gasteiger partial charge in [0.25, 0.3) is 0 Å². The number of rotatable bonds is 1. The van der Waals surface area contributed by atoms with Crippen LogP contribution in [0.3, 0.4) is 0 Å². The normalized spacial score (nSPS) is 44.1. The van der Waals surface area contributed by atoms with Gasteiger partial charge in [-0.2, -0.15) is 0 Å². The van der Waals surface area contributed by atoms with Crippen LogP contribution >= 0.6 is 0 Å². The second kappa shape index (κ2) is 3.65. The average Bonchev–Trinajstić information content (AvgIpc) is 2.18. The van der Waals surface area contributed by atoms with Crippen molar-refractivity contribution in [3.63, 3.8) is 0 Å². The van der Waals surface area contributed by atoms with Crippen LogP contribution in [0.2, 0.25) is 0 Å². The summed E-state index contributed by atoms with van der Waals surface area (Å²) >= 11 is 0. The molecule has 0 bridgehead atoms. The lowest BCUT2D eigenvalue weighted by Crippen LogP contribution is -2.33. The van der Waals surface area contributed by atoms with Crippen LogP contribution in [0.1, 0.15) is 32.6 Å². The summed E-state index contributed by atoms with van der Waals surface area (Å²) in [5.74, 6) is 2.14. The summed E-state index contributed by atoms with van der Waals surface area (Å²) in [5.41, 5.74) is 0. The van der Waals surface area contributed by atoms with Gasteiger partial charge in [-0.3, -0.25) is 0 Å². The first kappa shape index (κ1) is 8.98. The summed E-state index contributed by atoms with van der Waals surface area (Å²) in [6, 6.07) is 0. The molecule has 0 N–H and O–H groups in total. The largest absolute Gasteiger partial charge is 0.303 e. The molecule has 72 valence electrons. The van der Waals surface area contributed by atoms with Crippen LogP contribution in [0, 0.1) is 23.7 Å². The highest BCUT2D eigenvalue weighted by Crippen LogP contribution is 2.41. The Morgan fingerprint density at radius 3 is 2.77 bits per heavy atom. The summed E-state index contributed by atoms with van der Waals surface area (Å²) < 4.78 is 0. The van der Waals surface area contributed by atoms with Crippen molar-refractivity contribution in [2.24, 2.45) is 23.7 Å². The van der Waals surface area contributed by atoms with Crippen molar-refractivity contribution < 1.29 is 4.79 Å². The first-order valence-electron chi connectivity index (χ1n) is 5.46. The van der Waals surface area contributed by atoms with E-state index in [1.807, 2.05) is 0 Å². The highest BCUT2D eigenvalue weighted by Gasteiger charge is 2.35. The van der Waals surface area contributed by atoms with Gasteiger partial charge in [-0.1, -0.05) is 31.9 Å². The molecule has 0 saturated heterocycles. The minimum atomic E-state index is 0.301. The summed E-state index contributed by atoms with van der Waals surface area (Å²) in [5, 5.41) is 0. The van der Waals surface area contributed by atoms with E-state index >= 15 is 0 Å². The molecule has 4 atom stereocenters. The maximum absolute atomic E-state index is 11.0. The predicted molar refractivity (Wildman–Crippen MR) is 53.3 cm³/mol. The lowest BCUT2D eigenvalue weighted by atomic mass is 9.66. The Balaban J connectivity index is 2.18. The summed E-state index contributed by atoms with van der Waals surface area (Å²) in [4.78, 5) is 11.0. The molecule has 1 fully saturated rings. The number of fused-ring (bicyclic) bond motifs is 1. The standard InChI is InChI=1S/C12H18O/c1-9-6-7-10-4-2-3-5-11(10)12(9)8-13/h6-12H,2-5H2,1H3/t9-,10+,11-,12-/m1/s1. The second-order valence-corrected chi connectivity index (χ2v) is 4.57. The zero-order chi connectivity index (χ0) is 9.26. The van der Waals surface area contributed by atoms with Crippen molar-refractivity contribution in [3.8, 4) is 0 Å². The van der Waals surface area contributed by atoms with E-state index in [0.717, 1.165) is 0 Å². The van der Waals surface area contributed by atoms with E-state index in [9.17, 15) is 4.79 Å². The fourth-order valence-electron chi connectivity index (χ4n) is 2.97. The maximum atomic E-state index is 11.0. The van der Waals surface area contributed by atoms with Gasteiger partial charge < -0.3 is 4.79 Å². The Bertz CT molecular complexity index is 219. The van der Waals surface area contributed by atoms with Crippen LogP contribution in [0.4, 0.5) is 0 Å². The molecular formula is C12H18O. The molecule has 0 aromatic heterocycles. The van der Waals surface area contributed by atoms with Crippen molar-refractivity contribution in [3.05, 3.63) is 12.2 Å². The molecule has 13 heavy (non-hydrogen) atoms. The molecule has 1 nitrogen and oxygen atoms in total. The molecule has 0 radical (unpaired) electrons. The number of allylic oxidation sites excluding steroid dienone is 2. The minimum Gasteiger partial charge on any atom is -0.303 e. The van der Waals surface area contributed by atoms with Crippen LogP contribution in [-0.4, -0.2) is 6.29 Å². The first-order valence-corrected chi connectivity index (χ1v) is 5.46. The molecule has 0 aromatic carbocycles. The third-order valence-corrected chi connectivity index (χ3v) is 3.80. The molecule has 0 amide bonds. The lowest BCUT2D eigenvalue weighted by Gasteiger charge is -2.38. The van der Waals surface area contributed by atoms with Gasteiger partial charge in [0.05, 0.1) is 0 Å². The van der Waals surface area contributed by atoms with E-state index < -0.39 is 0 Å². The van der Waals surface area contributed by atoms with Gasteiger partial charge >= 0.3 is 0 Å². The van der Waals surface area contributed by atoms with Crippen molar-refractivity contribution in [1.82, 2.24) is 0 Å². The highest BCUT2D eigenvalue weighted by molar-refractivity contribution is 5.56. The predicted octanol–water partition coefficient (Wildman–Crippen LogP) is 2.81. The molecule has 0 aliphatic heterocycles. The van der Waals surface area contributed by atoms with Crippen LogP contribution in [0.25, 0.3) is 0 Å². The Morgan fingerprint density at radius 2 is 2.00 bits per heavy atom. The van der Waals surface area contributed by atoms with Gasteiger partial charge in [-0.05, 0) is 30.6 Å². The molecule has 0 unspecified atom stereocenters. The zero-order valence-electron chi connectivity index (χ0n) is 8.28. The summed E-state index contributed by atoms with van der Waals surface area (Å²) in [7, 11) is 0. The fraction of sp³-hybridized carbons (Fsp3) is 0.750. The van der Waals surface area contributed by atoms with Crippen molar-refractivity contribution in [2.75, 3.05) is 0 Å². The molecule has 2 aliphatic carbocycles. The Morgan fingerprint density at radius 1 is 1.23 bits per heavy atom. The smallest absolute Gasteiger partial charge is 0.123 e. The first-order chi connectivity index (χ1) is 6.33. The van der Waals surface area contributed by atoms with Crippen LogP contribution in [0.15, 0.2) is 12.2 Å². The number of carbonyl (C=O) groups excluding carboxylic acids is 1. The molecule has 2 aliphatic rings. The summed E-state index contributed by atoms with van der Waals surface area (Å²) in [6.45, 7) is 2.17. The molecule has 0 heterocycles. The van der Waals surface area contributed by atoms with Crippen molar-refractivity contribution in [2.45, 2.75) is 32.6 Å².